The van der Waals surface area contributed by atoms with Crippen LogP contribution in [0.25, 0.3) is 11.6 Å². The van der Waals surface area contributed by atoms with Crippen molar-refractivity contribution in [3.8, 4) is 29.1 Å². The maximum absolute atomic E-state index is 14.0. The van der Waals surface area contributed by atoms with Gasteiger partial charge in [0.25, 0.3) is 0 Å². The average molecular weight is 433 g/mol. The van der Waals surface area contributed by atoms with E-state index in [1.54, 1.807) is 42.5 Å². The van der Waals surface area contributed by atoms with Gasteiger partial charge in [-0.25, -0.2) is 9.18 Å². The third-order valence-electron chi connectivity index (χ3n) is 4.59. The van der Waals surface area contributed by atoms with Crippen LogP contribution < -0.4 is 18.9 Å². The van der Waals surface area contributed by atoms with Crippen LogP contribution in [0.2, 0.25) is 0 Å². The Labute approximate surface area is 185 Å². The van der Waals surface area contributed by atoms with Crippen molar-refractivity contribution < 1.29 is 28.1 Å². The van der Waals surface area contributed by atoms with Gasteiger partial charge in [-0.05, 0) is 42.0 Å². The summed E-state index contributed by atoms with van der Waals surface area (Å²) >= 11 is 0. The summed E-state index contributed by atoms with van der Waals surface area (Å²) in [6.45, 7) is 0. The van der Waals surface area contributed by atoms with E-state index in [1.807, 2.05) is 6.07 Å². The van der Waals surface area contributed by atoms with Crippen LogP contribution in [-0.2, 0) is 0 Å². The third-order valence-corrected chi connectivity index (χ3v) is 4.59. The van der Waals surface area contributed by atoms with Crippen LogP contribution in [0.3, 0.4) is 0 Å². The van der Waals surface area contributed by atoms with Crippen LogP contribution in [0.5, 0.6) is 23.0 Å². The molecule has 162 valence electrons. The maximum Gasteiger partial charge on any atom is 0.343 e. The molecule has 0 N–H and O–H groups in total. The van der Waals surface area contributed by atoms with E-state index < -0.39 is 11.8 Å². The molecule has 0 bridgehead atoms. The number of ether oxygens (including phenoxy) is 4. The fraction of sp³-hybridized carbons (Fsp3) is 0.120. The predicted molar refractivity (Wildman–Crippen MR) is 117 cm³/mol. The summed E-state index contributed by atoms with van der Waals surface area (Å²) in [5.74, 6) is 0.233. The lowest BCUT2D eigenvalue weighted by atomic mass is 10.0. The SMILES string of the molecule is COc1cc(C(=O)Oc2ccc(/C=C(/C#N)c3ccccc3F)cc2)cc(OC)c1OC. The van der Waals surface area contributed by atoms with Crippen molar-refractivity contribution in [3.63, 3.8) is 0 Å². The number of hydrogen-bond acceptors (Lipinski definition) is 6. The highest BCUT2D eigenvalue weighted by atomic mass is 19.1. The van der Waals surface area contributed by atoms with Gasteiger partial charge in [0.15, 0.2) is 11.5 Å². The lowest BCUT2D eigenvalue weighted by molar-refractivity contribution is 0.0734. The number of carbonyl (C=O) groups excluding carboxylic acids is 1. The molecule has 32 heavy (non-hydrogen) atoms. The van der Waals surface area contributed by atoms with Gasteiger partial charge in [0.2, 0.25) is 5.75 Å². The molecule has 0 radical (unpaired) electrons. The second-order valence-electron chi connectivity index (χ2n) is 6.52. The Balaban J connectivity index is 1.81. The summed E-state index contributed by atoms with van der Waals surface area (Å²) in [5.41, 5.74) is 1.27. The van der Waals surface area contributed by atoms with E-state index in [-0.39, 0.29) is 16.7 Å². The van der Waals surface area contributed by atoms with Gasteiger partial charge in [0.05, 0.1) is 38.5 Å². The van der Waals surface area contributed by atoms with Crippen LogP contribution in [0, 0.1) is 17.1 Å². The van der Waals surface area contributed by atoms with Crippen LogP contribution in [0.4, 0.5) is 4.39 Å². The zero-order chi connectivity index (χ0) is 23.1. The molecular weight excluding hydrogens is 413 g/mol. The van der Waals surface area contributed by atoms with Gasteiger partial charge < -0.3 is 18.9 Å². The molecule has 0 spiro atoms. The standard InChI is InChI=1S/C25H20FNO5/c1-29-22-13-17(14-23(30-2)24(22)31-3)25(28)32-19-10-8-16(9-11-19)12-18(15-27)20-6-4-5-7-21(20)26/h4-14H,1-3H3/b18-12-. The minimum Gasteiger partial charge on any atom is -0.493 e. The maximum atomic E-state index is 14.0. The molecule has 7 heteroatoms. The fourth-order valence-electron chi connectivity index (χ4n) is 3.01. The molecule has 3 aromatic carbocycles. The highest BCUT2D eigenvalue weighted by Gasteiger charge is 2.18. The lowest BCUT2D eigenvalue weighted by Crippen LogP contribution is -2.09. The van der Waals surface area contributed by atoms with Crippen LogP contribution in [0.15, 0.2) is 60.7 Å². The Morgan fingerprint density at radius 2 is 1.56 bits per heavy atom. The first-order valence-corrected chi connectivity index (χ1v) is 9.49. The Morgan fingerprint density at radius 3 is 2.09 bits per heavy atom. The predicted octanol–water partition coefficient (Wildman–Crippen LogP) is 5.13. The summed E-state index contributed by atoms with van der Waals surface area (Å²) in [4.78, 5) is 12.6. The number of hydrogen-bond donors (Lipinski definition) is 0. The molecule has 0 saturated carbocycles. The second-order valence-corrected chi connectivity index (χ2v) is 6.52. The minimum atomic E-state index is -0.614. The molecule has 0 aliphatic heterocycles. The number of allylic oxidation sites excluding steroid dienone is 1. The van der Waals surface area contributed by atoms with Gasteiger partial charge in [-0.1, -0.05) is 30.3 Å². The van der Waals surface area contributed by atoms with Gasteiger partial charge >= 0.3 is 5.97 Å². The molecule has 0 heterocycles. The fourth-order valence-corrected chi connectivity index (χ4v) is 3.01. The topological polar surface area (TPSA) is 77.8 Å². The van der Waals surface area contributed by atoms with Crippen molar-refractivity contribution >= 4 is 17.6 Å². The van der Waals surface area contributed by atoms with E-state index in [4.69, 9.17) is 18.9 Å². The summed E-state index contributed by atoms with van der Waals surface area (Å²) in [6.07, 6.45) is 1.56. The van der Waals surface area contributed by atoms with Crippen molar-refractivity contribution in [2.75, 3.05) is 21.3 Å². The molecule has 0 aliphatic carbocycles. The van der Waals surface area contributed by atoms with Gasteiger partial charge in [0, 0.05) is 5.56 Å². The summed E-state index contributed by atoms with van der Waals surface area (Å²) in [6, 6.07) is 17.5. The smallest absolute Gasteiger partial charge is 0.343 e. The first-order valence-electron chi connectivity index (χ1n) is 9.49. The molecule has 0 aliphatic rings. The molecular formula is C25H20FNO5. The van der Waals surface area contributed by atoms with E-state index in [9.17, 15) is 14.4 Å². The third kappa shape index (κ3) is 4.87. The van der Waals surface area contributed by atoms with Crippen molar-refractivity contribution in [1.29, 1.82) is 5.26 Å². The number of nitrogens with zero attached hydrogens (tertiary/aromatic N) is 1. The molecule has 0 saturated heterocycles. The number of methoxy groups -OCH3 is 3. The first kappa shape index (κ1) is 22.4. The quantitative estimate of drug-likeness (QED) is 0.222. The zero-order valence-electron chi connectivity index (χ0n) is 17.7. The first-order chi connectivity index (χ1) is 15.5. The van der Waals surface area contributed by atoms with E-state index in [1.165, 1.54) is 45.6 Å². The Hall–Kier alpha value is -4.31. The van der Waals surface area contributed by atoms with Crippen LogP contribution in [-0.4, -0.2) is 27.3 Å². The molecule has 0 amide bonds. The highest BCUT2D eigenvalue weighted by molar-refractivity contribution is 5.93. The molecule has 0 unspecified atom stereocenters. The Kier molecular flexibility index (Phi) is 7.09. The lowest BCUT2D eigenvalue weighted by Gasteiger charge is -2.13. The molecule has 6 nitrogen and oxygen atoms in total. The molecule has 0 aromatic heterocycles. The van der Waals surface area contributed by atoms with Crippen LogP contribution in [0.1, 0.15) is 21.5 Å². The van der Waals surface area contributed by atoms with Gasteiger partial charge in [0.1, 0.15) is 11.6 Å². The van der Waals surface area contributed by atoms with Gasteiger partial charge in [-0.3, -0.25) is 0 Å². The van der Waals surface area contributed by atoms with Crippen molar-refractivity contribution in [3.05, 3.63) is 83.2 Å². The number of carbonyl (C=O) groups is 1. The average Bonchev–Trinajstić information content (AvgIpc) is 2.83. The molecule has 0 fully saturated rings. The Bertz CT molecular complexity index is 1170. The van der Waals surface area contributed by atoms with Gasteiger partial charge in [-0.15, -0.1) is 0 Å². The van der Waals surface area contributed by atoms with Crippen molar-refractivity contribution in [2.24, 2.45) is 0 Å². The Morgan fingerprint density at radius 1 is 0.938 bits per heavy atom. The van der Waals surface area contributed by atoms with Crippen LogP contribution >= 0.6 is 0 Å². The largest absolute Gasteiger partial charge is 0.493 e. The summed E-state index contributed by atoms with van der Waals surface area (Å²) < 4.78 is 35.2. The van der Waals surface area contributed by atoms with E-state index in [2.05, 4.69) is 0 Å². The number of rotatable bonds is 7. The summed E-state index contributed by atoms with van der Waals surface area (Å²) in [5, 5.41) is 9.40. The zero-order valence-corrected chi connectivity index (χ0v) is 17.7. The molecule has 0 atom stereocenters. The summed E-state index contributed by atoms with van der Waals surface area (Å²) in [7, 11) is 4.38. The van der Waals surface area contributed by atoms with E-state index in [0.29, 0.717) is 28.6 Å². The number of esters is 1. The highest BCUT2D eigenvalue weighted by Crippen LogP contribution is 2.38. The van der Waals surface area contributed by atoms with Gasteiger partial charge in [-0.2, -0.15) is 5.26 Å². The van der Waals surface area contributed by atoms with Crippen molar-refractivity contribution in [2.45, 2.75) is 0 Å². The normalized spacial score (nSPS) is 10.8. The number of halogens is 1. The minimum absolute atomic E-state index is 0.185. The van der Waals surface area contributed by atoms with Crippen molar-refractivity contribution in [1.82, 2.24) is 0 Å². The van der Waals surface area contributed by atoms with E-state index >= 15 is 0 Å². The monoisotopic (exact) mass is 433 g/mol. The molecule has 3 aromatic rings. The second kappa shape index (κ2) is 10.1. The molecule has 3 rings (SSSR count). The van der Waals surface area contributed by atoms with E-state index in [0.717, 1.165) is 0 Å². The number of benzene rings is 3. The number of nitriles is 1.